The van der Waals surface area contributed by atoms with Crippen molar-refractivity contribution < 1.29 is 4.92 Å². The van der Waals surface area contributed by atoms with E-state index >= 15 is 0 Å². The van der Waals surface area contributed by atoms with Crippen LogP contribution in [0.25, 0.3) is 0 Å². The number of pyridine rings is 1. The van der Waals surface area contributed by atoms with E-state index in [1.165, 1.54) is 12.1 Å². The van der Waals surface area contributed by atoms with Gasteiger partial charge in [0.2, 0.25) is 0 Å². The van der Waals surface area contributed by atoms with Crippen LogP contribution in [-0.2, 0) is 0 Å². The van der Waals surface area contributed by atoms with Crippen molar-refractivity contribution in [2.45, 2.75) is 19.8 Å². The Labute approximate surface area is 105 Å². The standard InChI is InChI=1S/C11H17N5O2/c1-2-8-3-4-15(7-8)11-6-9(16(17)18)5-10(13-11)14-12/h5-6,8H,2-4,7,12H2,1H3,(H,13,14). The first kappa shape index (κ1) is 12.6. The first-order valence-corrected chi connectivity index (χ1v) is 6.02. The van der Waals surface area contributed by atoms with E-state index in [0.717, 1.165) is 25.9 Å². The van der Waals surface area contributed by atoms with Crippen LogP contribution in [0.4, 0.5) is 17.3 Å². The molecule has 1 atom stereocenters. The molecule has 1 unspecified atom stereocenters. The minimum Gasteiger partial charge on any atom is -0.356 e. The second-order valence-corrected chi connectivity index (χ2v) is 4.48. The molecule has 1 aliphatic heterocycles. The Kier molecular flexibility index (Phi) is 3.61. The van der Waals surface area contributed by atoms with Gasteiger partial charge in [-0.1, -0.05) is 13.3 Å². The predicted molar refractivity (Wildman–Crippen MR) is 69.3 cm³/mol. The van der Waals surface area contributed by atoms with E-state index in [4.69, 9.17) is 5.84 Å². The third-order valence-electron chi connectivity index (χ3n) is 3.34. The zero-order chi connectivity index (χ0) is 13.1. The van der Waals surface area contributed by atoms with Crippen LogP contribution in [0.3, 0.4) is 0 Å². The van der Waals surface area contributed by atoms with E-state index in [-0.39, 0.29) is 5.69 Å². The van der Waals surface area contributed by atoms with Crippen LogP contribution >= 0.6 is 0 Å². The highest BCUT2D eigenvalue weighted by Crippen LogP contribution is 2.28. The first-order chi connectivity index (χ1) is 8.63. The molecule has 2 rings (SSSR count). The number of aromatic nitrogens is 1. The summed E-state index contributed by atoms with van der Waals surface area (Å²) in [5.74, 6) is 6.86. The maximum absolute atomic E-state index is 10.8. The zero-order valence-corrected chi connectivity index (χ0v) is 10.3. The maximum Gasteiger partial charge on any atom is 0.276 e. The highest BCUT2D eigenvalue weighted by atomic mass is 16.6. The summed E-state index contributed by atoms with van der Waals surface area (Å²) in [5.41, 5.74) is 2.38. The van der Waals surface area contributed by atoms with Crippen LogP contribution in [0.15, 0.2) is 12.1 Å². The Hall–Kier alpha value is -1.89. The number of rotatable bonds is 4. The lowest BCUT2D eigenvalue weighted by Crippen LogP contribution is -2.21. The summed E-state index contributed by atoms with van der Waals surface area (Å²) in [6, 6.07) is 2.83. The Morgan fingerprint density at radius 3 is 3.00 bits per heavy atom. The van der Waals surface area contributed by atoms with Crippen molar-refractivity contribution in [3.8, 4) is 0 Å². The molecule has 1 aliphatic rings. The molecule has 0 saturated carbocycles. The van der Waals surface area contributed by atoms with Crippen molar-refractivity contribution >= 4 is 17.3 Å². The van der Waals surface area contributed by atoms with Crippen molar-refractivity contribution in [3.05, 3.63) is 22.2 Å². The Morgan fingerprint density at radius 1 is 1.67 bits per heavy atom. The van der Waals surface area contributed by atoms with Gasteiger partial charge in [0, 0.05) is 13.1 Å². The number of hydrazine groups is 1. The summed E-state index contributed by atoms with van der Waals surface area (Å²) in [4.78, 5) is 16.8. The van der Waals surface area contributed by atoms with Gasteiger partial charge in [-0.3, -0.25) is 10.1 Å². The molecule has 1 aromatic rings. The fraction of sp³-hybridized carbons (Fsp3) is 0.545. The van der Waals surface area contributed by atoms with Gasteiger partial charge in [-0.15, -0.1) is 0 Å². The van der Waals surface area contributed by atoms with Crippen molar-refractivity contribution in [3.63, 3.8) is 0 Å². The van der Waals surface area contributed by atoms with E-state index in [9.17, 15) is 10.1 Å². The topological polar surface area (TPSA) is 97.3 Å². The van der Waals surface area contributed by atoms with Gasteiger partial charge >= 0.3 is 0 Å². The summed E-state index contributed by atoms with van der Waals surface area (Å²) >= 11 is 0. The number of hydrogen-bond acceptors (Lipinski definition) is 6. The smallest absolute Gasteiger partial charge is 0.276 e. The van der Waals surface area contributed by atoms with Gasteiger partial charge in [-0.25, -0.2) is 10.8 Å². The van der Waals surface area contributed by atoms with E-state index in [1.807, 2.05) is 0 Å². The molecular weight excluding hydrogens is 234 g/mol. The van der Waals surface area contributed by atoms with Gasteiger partial charge in [0.1, 0.15) is 11.6 Å². The number of nitrogens with two attached hydrogens (primary N) is 1. The van der Waals surface area contributed by atoms with Gasteiger partial charge in [0.05, 0.1) is 17.1 Å². The van der Waals surface area contributed by atoms with Gasteiger partial charge in [0.25, 0.3) is 5.69 Å². The lowest BCUT2D eigenvalue weighted by atomic mass is 10.1. The molecule has 1 fully saturated rings. The van der Waals surface area contributed by atoms with Crippen LogP contribution < -0.4 is 16.2 Å². The van der Waals surface area contributed by atoms with Gasteiger partial charge in [-0.05, 0) is 12.3 Å². The van der Waals surface area contributed by atoms with Crippen LogP contribution in [-0.4, -0.2) is 23.0 Å². The molecule has 98 valence electrons. The molecule has 0 amide bonds. The van der Waals surface area contributed by atoms with Crippen LogP contribution in [0.1, 0.15) is 19.8 Å². The molecule has 7 nitrogen and oxygen atoms in total. The van der Waals surface area contributed by atoms with Gasteiger partial charge in [0.15, 0.2) is 0 Å². The number of anilines is 2. The third-order valence-corrected chi connectivity index (χ3v) is 3.34. The average molecular weight is 251 g/mol. The molecular formula is C11H17N5O2. The third kappa shape index (κ3) is 2.51. The van der Waals surface area contributed by atoms with E-state index in [2.05, 4.69) is 22.2 Å². The summed E-state index contributed by atoms with van der Waals surface area (Å²) < 4.78 is 0. The summed E-state index contributed by atoms with van der Waals surface area (Å²) in [7, 11) is 0. The lowest BCUT2D eigenvalue weighted by Gasteiger charge is -2.17. The molecule has 18 heavy (non-hydrogen) atoms. The van der Waals surface area contributed by atoms with Crippen LogP contribution in [0, 0.1) is 16.0 Å². The number of nitrogen functional groups attached to an aromatic ring is 1. The monoisotopic (exact) mass is 251 g/mol. The molecule has 0 spiro atoms. The quantitative estimate of drug-likeness (QED) is 0.478. The summed E-state index contributed by atoms with van der Waals surface area (Å²) in [5, 5.41) is 10.8. The van der Waals surface area contributed by atoms with Crippen molar-refractivity contribution in [2.24, 2.45) is 11.8 Å². The molecule has 0 radical (unpaired) electrons. The Morgan fingerprint density at radius 2 is 2.44 bits per heavy atom. The maximum atomic E-state index is 10.8. The van der Waals surface area contributed by atoms with Crippen molar-refractivity contribution in [2.75, 3.05) is 23.4 Å². The average Bonchev–Trinajstić information content (AvgIpc) is 2.86. The number of nitro groups is 1. The van der Waals surface area contributed by atoms with E-state index in [1.54, 1.807) is 0 Å². The zero-order valence-electron chi connectivity index (χ0n) is 10.3. The highest BCUT2D eigenvalue weighted by molar-refractivity contribution is 5.55. The summed E-state index contributed by atoms with van der Waals surface area (Å²) in [6.07, 6.45) is 2.22. The molecule has 1 saturated heterocycles. The fourth-order valence-corrected chi connectivity index (χ4v) is 2.22. The Balaban J connectivity index is 2.27. The van der Waals surface area contributed by atoms with E-state index < -0.39 is 4.92 Å². The van der Waals surface area contributed by atoms with Crippen molar-refractivity contribution in [1.29, 1.82) is 0 Å². The molecule has 1 aromatic heterocycles. The molecule has 2 heterocycles. The van der Waals surface area contributed by atoms with Crippen LogP contribution in [0.2, 0.25) is 0 Å². The largest absolute Gasteiger partial charge is 0.356 e. The summed E-state index contributed by atoms with van der Waals surface area (Å²) in [6.45, 7) is 3.94. The van der Waals surface area contributed by atoms with Crippen LogP contribution in [0.5, 0.6) is 0 Å². The SMILES string of the molecule is CCC1CCN(c2cc([N+](=O)[O-])cc(NN)n2)C1. The predicted octanol–water partition coefficient (Wildman–Crippen LogP) is 1.51. The molecule has 0 aliphatic carbocycles. The number of hydrogen-bond donors (Lipinski definition) is 2. The lowest BCUT2D eigenvalue weighted by molar-refractivity contribution is -0.384. The normalized spacial score (nSPS) is 19.0. The number of nitrogens with one attached hydrogen (secondary N) is 1. The Bertz CT molecular complexity index is 451. The fourth-order valence-electron chi connectivity index (χ4n) is 2.22. The first-order valence-electron chi connectivity index (χ1n) is 6.02. The second kappa shape index (κ2) is 5.18. The molecule has 0 aromatic carbocycles. The number of nitrogens with zero attached hydrogens (tertiary/aromatic N) is 3. The minimum absolute atomic E-state index is 0.00731. The van der Waals surface area contributed by atoms with E-state index in [0.29, 0.717) is 17.6 Å². The molecule has 3 N–H and O–H groups in total. The van der Waals surface area contributed by atoms with Gasteiger partial charge < -0.3 is 10.3 Å². The molecule has 7 heteroatoms. The molecule has 0 bridgehead atoms. The highest BCUT2D eigenvalue weighted by Gasteiger charge is 2.24. The van der Waals surface area contributed by atoms with Gasteiger partial charge in [-0.2, -0.15) is 0 Å². The minimum atomic E-state index is -0.431. The second-order valence-electron chi connectivity index (χ2n) is 4.48. The van der Waals surface area contributed by atoms with Crippen molar-refractivity contribution in [1.82, 2.24) is 4.98 Å².